The van der Waals surface area contributed by atoms with Crippen LogP contribution in [-0.4, -0.2) is 16.8 Å². The largest absolute Gasteiger partial charge is 0.343 e. The molecule has 3 rings (SSSR count). The maximum atomic E-state index is 4.59. The molecule has 0 saturated heterocycles. The molecule has 0 atom stereocenters. The highest BCUT2D eigenvalue weighted by Crippen LogP contribution is 2.23. The fourth-order valence-corrected chi connectivity index (χ4v) is 2.96. The van der Waals surface area contributed by atoms with Crippen LogP contribution in [0.4, 0.5) is 0 Å². The lowest BCUT2D eigenvalue weighted by Crippen LogP contribution is -2.31. The Kier molecular flexibility index (Phi) is 4.74. The summed E-state index contributed by atoms with van der Waals surface area (Å²) < 4.78 is 2.28. The van der Waals surface area contributed by atoms with Crippen molar-refractivity contribution in [3.8, 4) is 0 Å². The Labute approximate surface area is 133 Å². The molecule has 0 spiro atoms. The fraction of sp³-hybridized carbons (Fsp3) is 0.211. The second-order valence-electron chi connectivity index (χ2n) is 5.61. The first-order valence-corrected chi connectivity index (χ1v) is 7.98. The molecule has 0 fully saturated rings. The Morgan fingerprint density at radius 2 is 1.55 bits per heavy atom. The van der Waals surface area contributed by atoms with Crippen LogP contribution >= 0.6 is 0 Å². The van der Waals surface area contributed by atoms with Crippen molar-refractivity contribution in [2.45, 2.75) is 25.7 Å². The van der Waals surface area contributed by atoms with E-state index in [1.165, 1.54) is 16.9 Å². The van der Waals surface area contributed by atoms with Crippen molar-refractivity contribution in [1.29, 1.82) is 0 Å². The van der Waals surface area contributed by atoms with Gasteiger partial charge >= 0.3 is 0 Å². The maximum absolute atomic E-state index is 4.59. The number of benzene rings is 2. The van der Waals surface area contributed by atoms with Crippen LogP contribution in [0.15, 0.2) is 73.1 Å². The molecule has 0 saturated carbocycles. The molecule has 22 heavy (non-hydrogen) atoms. The van der Waals surface area contributed by atoms with Crippen molar-refractivity contribution in [3.63, 3.8) is 0 Å². The number of nitrogens with zero attached hydrogens (tertiary/aromatic N) is 2. The fourth-order valence-electron chi connectivity index (χ4n) is 2.96. The highest BCUT2D eigenvalue weighted by atomic mass is 15.0. The smallest absolute Gasteiger partial charge is 0.217 e. The predicted molar refractivity (Wildman–Crippen MR) is 94.0 cm³/mol. The third-order valence-corrected chi connectivity index (χ3v) is 4.06. The summed E-state index contributed by atoms with van der Waals surface area (Å²) in [5, 5.41) is 0. The van der Waals surface area contributed by atoms with Gasteiger partial charge in [0.15, 0.2) is 0 Å². The summed E-state index contributed by atoms with van der Waals surface area (Å²) in [5.74, 6) is 0.348. The summed E-state index contributed by atoms with van der Waals surface area (Å²) in [4.78, 5) is 4.59. The van der Waals surface area contributed by atoms with Gasteiger partial charge in [-0.1, -0.05) is 67.6 Å². The summed E-state index contributed by atoms with van der Waals surface area (Å²) in [5.41, 5.74) is 3.86. The lowest BCUT2D eigenvalue weighted by molar-refractivity contribution is 0.694. The van der Waals surface area contributed by atoms with Gasteiger partial charge in [0, 0.05) is 18.9 Å². The quantitative estimate of drug-likeness (QED) is 0.637. The SMILES string of the molecule is CCCn1ccnc1BC(c1ccccc1)c1ccccc1. The van der Waals surface area contributed by atoms with E-state index in [2.05, 4.69) is 83.3 Å². The minimum Gasteiger partial charge on any atom is -0.343 e. The minimum atomic E-state index is 0.348. The number of rotatable bonds is 6. The topological polar surface area (TPSA) is 17.8 Å². The number of imidazole rings is 1. The van der Waals surface area contributed by atoms with Crippen LogP contribution in [0.2, 0.25) is 0 Å². The van der Waals surface area contributed by atoms with E-state index >= 15 is 0 Å². The highest BCUT2D eigenvalue weighted by Gasteiger charge is 2.19. The van der Waals surface area contributed by atoms with Gasteiger partial charge in [-0.3, -0.25) is 4.98 Å². The highest BCUT2D eigenvalue weighted by molar-refractivity contribution is 6.54. The molecular weight excluding hydrogens is 267 g/mol. The van der Waals surface area contributed by atoms with E-state index < -0.39 is 0 Å². The molecule has 1 aromatic heterocycles. The molecule has 1 heterocycles. The molecule has 2 nitrogen and oxygen atoms in total. The van der Waals surface area contributed by atoms with Gasteiger partial charge in [0.1, 0.15) is 0 Å². The average molecular weight is 288 g/mol. The summed E-state index contributed by atoms with van der Waals surface area (Å²) in [6.45, 7) is 3.24. The first-order valence-electron chi connectivity index (χ1n) is 7.98. The van der Waals surface area contributed by atoms with E-state index in [1.807, 2.05) is 6.20 Å². The van der Waals surface area contributed by atoms with Crippen molar-refractivity contribution < 1.29 is 0 Å². The zero-order chi connectivity index (χ0) is 15.2. The van der Waals surface area contributed by atoms with E-state index in [-0.39, 0.29) is 0 Å². The zero-order valence-corrected chi connectivity index (χ0v) is 13.0. The second kappa shape index (κ2) is 7.12. The molecule has 0 aliphatic carbocycles. The van der Waals surface area contributed by atoms with Crippen LogP contribution in [-0.2, 0) is 6.54 Å². The van der Waals surface area contributed by atoms with E-state index in [1.54, 1.807) is 0 Å². The lowest BCUT2D eigenvalue weighted by Gasteiger charge is -2.17. The number of aromatic nitrogens is 2. The van der Waals surface area contributed by atoms with Crippen LogP contribution in [0.5, 0.6) is 0 Å². The minimum absolute atomic E-state index is 0.348. The lowest BCUT2D eigenvalue weighted by atomic mass is 9.58. The van der Waals surface area contributed by atoms with Crippen molar-refractivity contribution in [2.75, 3.05) is 0 Å². The van der Waals surface area contributed by atoms with Crippen molar-refractivity contribution in [3.05, 3.63) is 84.2 Å². The predicted octanol–water partition coefficient (Wildman–Crippen LogP) is 3.14. The third-order valence-electron chi connectivity index (χ3n) is 4.06. The standard InChI is InChI=1S/C19H21BN2/c1-2-14-22-15-13-21-19(22)20-18(16-9-5-3-6-10-16)17-11-7-4-8-12-17/h3-13,15,18,20H,2,14H2,1H3. The number of aryl methyl sites for hydroxylation is 1. The van der Waals surface area contributed by atoms with Crippen LogP contribution in [0.1, 0.15) is 30.3 Å². The van der Waals surface area contributed by atoms with Crippen molar-refractivity contribution in [2.24, 2.45) is 0 Å². The molecule has 3 heteroatoms. The first kappa shape index (κ1) is 14.6. The van der Waals surface area contributed by atoms with E-state index in [0.29, 0.717) is 5.82 Å². The van der Waals surface area contributed by atoms with Crippen molar-refractivity contribution in [1.82, 2.24) is 9.55 Å². The molecule has 110 valence electrons. The molecule has 0 unspecified atom stereocenters. The Morgan fingerprint density at radius 3 is 2.09 bits per heavy atom. The number of hydrogen-bond donors (Lipinski definition) is 0. The Balaban J connectivity index is 1.94. The first-order chi connectivity index (χ1) is 10.9. The molecule has 0 N–H and O–H groups in total. The van der Waals surface area contributed by atoms with Gasteiger partial charge in [0.2, 0.25) is 7.28 Å². The van der Waals surface area contributed by atoms with E-state index in [4.69, 9.17) is 0 Å². The molecule has 3 aromatic rings. The maximum Gasteiger partial charge on any atom is 0.217 e. The summed E-state index contributed by atoms with van der Waals surface area (Å²) in [6.07, 6.45) is 5.13. The van der Waals surface area contributed by atoms with Crippen molar-refractivity contribution >= 4 is 13.0 Å². The Bertz CT molecular complexity index is 652. The van der Waals surface area contributed by atoms with Gasteiger partial charge in [-0.25, -0.2) is 0 Å². The second-order valence-corrected chi connectivity index (χ2v) is 5.61. The molecule has 2 aromatic carbocycles. The average Bonchev–Trinajstić information content (AvgIpc) is 3.02. The van der Waals surface area contributed by atoms with Gasteiger partial charge < -0.3 is 4.57 Å². The summed E-state index contributed by atoms with van der Waals surface area (Å²) >= 11 is 0. The van der Waals surface area contributed by atoms with Crippen LogP contribution < -0.4 is 5.72 Å². The van der Waals surface area contributed by atoms with Crippen LogP contribution in [0, 0.1) is 0 Å². The van der Waals surface area contributed by atoms with Crippen LogP contribution in [0.25, 0.3) is 0 Å². The molecule has 0 amide bonds. The molecule has 0 bridgehead atoms. The van der Waals surface area contributed by atoms with Gasteiger partial charge in [-0.2, -0.15) is 0 Å². The normalized spacial score (nSPS) is 10.8. The zero-order valence-electron chi connectivity index (χ0n) is 13.0. The van der Waals surface area contributed by atoms with Gasteiger partial charge in [0.05, 0.1) is 5.72 Å². The van der Waals surface area contributed by atoms with E-state index in [9.17, 15) is 0 Å². The van der Waals surface area contributed by atoms with Gasteiger partial charge in [-0.15, -0.1) is 0 Å². The molecule has 0 aliphatic heterocycles. The van der Waals surface area contributed by atoms with Crippen LogP contribution in [0.3, 0.4) is 0 Å². The van der Waals surface area contributed by atoms with Gasteiger partial charge in [0.25, 0.3) is 0 Å². The molecular formula is C19H21BN2. The Morgan fingerprint density at radius 1 is 0.955 bits per heavy atom. The summed E-state index contributed by atoms with van der Waals surface area (Å²) in [7, 11) is 0.932. The molecule has 0 aliphatic rings. The van der Waals surface area contributed by atoms with Gasteiger partial charge in [-0.05, 0) is 23.4 Å². The molecule has 0 radical (unpaired) electrons. The monoisotopic (exact) mass is 288 g/mol. The van der Waals surface area contributed by atoms with E-state index in [0.717, 1.165) is 20.2 Å². The Hall–Kier alpha value is -2.29. The third kappa shape index (κ3) is 3.30. The number of hydrogen-bond acceptors (Lipinski definition) is 1. The summed E-state index contributed by atoms with van der Waals surface area (Å²) in [6, 6.07) is 21.5.